The lowest BCUT2D eigenvalue weighted by Gasteiger charge is -2.14. The van der Waals surface area contributed by atoms with Gasteiger partial charge in [-0.1, -0.05) is 60.7 Å². The molecular weight excluding hydrogens is 416 g/mol. The first kappa shape index (κ1) is 22.3. The van der Waals surface area contributed by atoms with Crippen molar-refractivity contribution in [2.24, 2.45) is 0 Å². The van der Waals surface area contributed by atoms with Crippen molar-refractivity contribution in [2.45, 2.75) is 19.3 Å². The van der Waals surface area contributed by atoms with E-state index in [-0.39, 0.29) is 5.92 Å². The second-order valence-electron chi connectivity index (χ2n) is 7.67. The first-order valence-electron chi connectivity index (χ1n) is 11.0. The van der Waals surface area contributed by atoms with E-state index in [9.17, 15) is 9.59 Å². The van der Waals surface area contributed by atoms with E-state index in [0.29, 0.717) is 31.7 Å². The molecule has 0 aliphatic heterocycles. The predicted octanol–water partition coefficient (Wildman–Crippen LogP) is 5.20. The maximum Gasteiger partial charge on any atom is 0.407 e. The summed E-state index contributed by atoms with van der Waals surface area (Å²) in [5.41, 5.74) is 5.99. The van der Waals surface area contributed by atoms with Gasteiger partial charge in [0.1, 0.15) is 6.61 Å². The van der Waals surface area contributed by atoms with Gasteiger partial charge in [-0.15, -0.1) is 0 Å². The molecule has 0 saturated carbocycles. The number of carbonyl (C=O) groups excluding carboxylic acids is 2. The molecular formula is C27H26N2O4. The zero-order valence-corrected chi connectivity index (χ0v) is 18.5. The van der Waals surface area contributed by atoms with Crippen LogP contribution in [0, 0.1) is 0 Å². The van der Waals surface area contributed by atoms with Crippen molar-refractivity contribution in [3.05, 3.63) is 95.3 Å². The number of esters is 1. The number of pyridine rings is 1. The van der Waals surface area contributed by atoms with Gasteiger partial charge in [0.15, 0.2) is 0 Å². The Balaban J connectivity index is 1.25. The summed E-state index contributed by atoms with van der Waals surface area (Å²) in [5, 5.41) is 2.79. The summed E-state index contributed by atoms with van der Waals surface area (Å²) in [7, 11) is 0. The summed E-state index contributed by atoms with van der Waals surface area (Å²) < 4.78 is 10.5. The normalized spacial score (nSPS) is 12.3. The van der Waals surface area contributed by atoms with E-state index in [1.165, 1.54) is 28.5 Å². The molecule has 0 radical (unpaired) electrons. The Morgan fingerprint density at radius 3 is 2.39 bits per heavy atom. The number of aromatic nitrogens is 1. The van der Waals surface area contributed by atoms with Crippen LogP contribution in [0.1, 0.15) is 46.3 Å². The van der Waals surface area contributed by atoms with E-state index in [2.05, 4.69) is 34.6 Å². The molecule has 1 heterocycles. The van der Waals surface area contributed by atoms with Crippen LogP contribution < -0.4 is 5.32 Å². The highest BCUT2D eigenvalue weighted by atomic mass is 16.5. The van der Waals surface area contributed by atoms with Crippen molar-refractivity contribution >= 4 is 18.1 Å². The van der Waals surface area contributed by atoms with Crippen molar-refractivity contribution in [1.82, 2.24) is 10.3 Å². The van der Waals surface area contributed by atoms with Crippen LogP contribution in [-0.2, 0) is 9.47 Å². The fourth-order valence-corrected chi connectivity index (χ4v) is 4.00. The lowest BCUT2D eigenvalue weighted by molar-refractivity contribution is 0.0525. The number of nitrogens with zero attached hydrogens (tertiary/aromatic N) is 1. The largest absolute Gasteiger partial charge is 0.462 e. The van der Waals surface area contributed by atoms with Gasteiger partial charge in [0.2, 0.25) is 0 Å². The maximum atomic E-state index is 12.2. The number of rotatable bonds is 8. The molecule has 1 N–H and O–H groups in total. The summed E-state index contributed by atoms with van der Waals surface area (Å²) in [4.78, 5) is 28.1. The summed E-state index contributed by atoms with van der Waals surface area (Å²) >= 11 is 0. The van der Waals surface area contributed by atoms with Crippen LogP contribution in [0.15, 0.2) is 73.1 Å². The third kappa shape index (κ3) is 5.29. The van der Waals surface area contributed by atoms with Gasteiger partial charge in [0.05, 0.1) is 12.2 Å². The number of alkyl carbamates (subject to hydrolysis) is 1. The van der Waals surface area contributed by atoms with E-state index in [1.807, 2.05) is 36.4 Å². The number of hydrogen-bond acceptors (Lipinski definition) is 5. The molecule has 6 nitrogen and oxygen atoms in total. The van der Waals surface area contributed by atoms with Crippen LogP contribution in [-0.4, -0.2) is 36.8 Å². The molecule has 3 aromatic rings. The molecule has 1 aliphatic carbocycles. The van der Waals surface area contributed by atoms with Gasteiger partial charge in [-0.25, -0.2) is 9.59 Å². The smallest absolute Gasteiger partial charge is 0.407 e. The summed E-state index contributed by atoms with van der Waals surface area (Å²) in [5.74, 6) is -0.348. The predicted molar refractivity (Wildman–Crippen MR) is 127 cm³/mol. The second kappa shape index (κ2) is 10.6. The Morgan fingerprint density at radius 1 is 1.00 bits per heavy atom. The number of nitrogens with one attached hydrogen (secondary N) is 1. The van der Waals surface area contributed by atoms with E-state index >= 15 is 0 Å². The molecule has 0 atom stereocenters. The Bertz CT molecular complexity index is 1130. The Kier molecular flexibility index (Phi) is 7.15. The van der Waals surface area contributed by atoms with Crippen molar-refractivity contribution in [3.63, 3.8) is 0 Å². The molecule has 0 bridgehead atoms. The standard InChI is InChI=1S/C27H26N2O4/c1-2-32-26(30)20-15-19(16-28-17-20)9-7-8-14-29-27(31)33-18-25-23-12-5-3-10-21(23)22-11-4-6-13-24(22)25/h3-7,9-13,15-17,25H,2,8,14,18H2,1H3,(H,29,31). The number of benzene rings is 2. The van der Waals surface area contributed by atoms with Gasteiger partial charge >= 0.3 is 12.1 Å². The number of ether oxygens (including phenoxy) is 2. The van der Waals surface area contributed by atoms with Crippen LogP contribution in [0.2, 0.25) is 0 Å². The van der Waals surface area contributed by atoms with E-state index in [0.717, 1.165) is 5.56 Å². The monoisotopic (exact) mass is 442 g/mol. The van der Waals surface area contributed by atoms with Gasteiger partial charge in [0.25, 0.3) is 0 Å². The van der Waals surface area contributed by atoms with Crippen molar-refractivity contribution < 1.29 is 19.1 Å². The lowest BCUT2D eigenvalue weighted by atomic mass is 9.98. The van der Waals surface area contributed by atoms with Crippen LogP contribution in [0.4, 0.5) is 4.79 Å². The van der Waals surface area contributed by atoms with Gasteiger partial charge in [-0.2, -0.15) is 0 Å². The summed E-state index contributed by atoms with van der Waals surface area (Å²) in [6.45, 7) is 2.82. The Morgan fingerprint density at radius 2 is 1.70 bits per heavy atom. The quantitative estimate of drug-likeness (QED) is 0.383. The van der Waals surface area contributed by atoms with E-state index in [1.54, 1.807) is 19.2 Å². The van der Waals surface area contributed by atoms with Crippen LogP contribution in [0.5, 0.6) is 0 Å². The highest BCUT2D eigenvalue weighted by molar-refractivity contribution is 5.89. The van der Waals surface area contributed by atoms with Gasteiger partial charge in [0, 0.05) is 24.9 Å². The van der Waals surface area contributed by atoms with Crippen LogP contribution in [0.25, 0.3) is 17.2 Å². The molecule has 2 aromatic carbocycles. The highest BCUT2D eigenvalue weighted by Gasteiger charge is 2.28. The van der Waals surface area contributed by atoms with E-state index in [4.69, 9.17) is 9.47 Å². The summed E-state index contributed by atoms with van der Waals surface area (Å²) in [6.07, 6.45) is 7.10. The molecule has 168 valence electrons. The number of amides is 1. The minimum absolute atomic E-state index is 0.0437. The topological polar surface area (TPSA) is 77.5 Å². The second-order valence-corrected chi connectivity index (χ2v) is 7.67. The summed E-state index contributed by atoms with van der Waals surface area (Å²) in [6, 6.07) is 18.2. The minimum atomic E-state index is -0.434. The van der Waals surface area contributed by atoms with Crippen molar-refractivity contribution in [3.8, 4) is 11.1 Å². The van der Waals surface area contributed by atoms with Crippen molar-refractivity contribution in [2.75, 3.05) is 19.8 Å². The fourth-order valence-electron chi connectivity index (χ4n) is 4.00. The minimum Gasteiger partial charge on any atom is -0.462 e. The molecule has 0 fully saturated rings. The Hall–Kier alpha value is -3.93. The first-order valence-corrected chi connectivity index (χ1v) is 11.0. The molecule has 0 unspecified atom stereocenters. The lowest BCUT2D eigenvalue weighted by Crippen LogP contribution is -2.26. The molecule has 1 amide bonds. The van der Waals surface area contributed by atoms with Crippen molar-refractivity contribution in [1.29, 1.82) is 0 Å². The van der Waals surface area contributed by atoms with Crippen LogP contribution in [0.3, 0.4) is 0 Å². The molecule has 0 spiro atoms. The number of carbonyl (C=O) groups is 2. The molecule has 4 rings (SSSR count). The molecule has 6 heteroatoms. The first-order chi connectivity index (χ1) is 16.2. The van der Waals surface area contributed by atoms with Gasteiger partial charge < -0.3 is 14.8 Å². The SMILES string of the molecule is CCOC(=O)c1cncc(C=CCCNC(=O)OCC2c3ccccc3-c3ccccc32)c1. The van der Waals surface area contributed by atoms with Gasteiger partial charge in [-0.05, 0) is 47.2 Å². The third-order valence-corrected chi connectivity index (χ3v) is 5.50. The fraction of sp³-hybridized carbons (Fsp3) is 0.222. The van der Waals surface area contributed by atoms with Gasteiger partial charge in [-0.3, -0.25) is 4.98 Å². The average molecular weight is 443 g/mol. The zero-order valence-electron chi connectivity index (χ0n) is 18.5. The maximum absolute atomic E-state index is 12.2. The molecule has 1 aromatic heterocycles. The number of fused-ring (bicyclic) bond motifs is 3. The Labute approximate surface area is 193 Å². The van der Waals surface area contributed by atoms with Crippen LogP contribution >= 0.6 is 0 Å². The molecule has 33 heavy (non-hydrogen) atoms. The highest BCUT2D eigenvalue weighted by Crippen LogP contribution is 2.44. The molecule has 0 saturated heterocycles. The number of hydrogen-bond donors (Lipinski definition) is 1. The molecule has 1 aliphatic rings. The van der Waals surface area contributed by atoms with E-state index < -0.39 is 12.1 Å². The average Bonchev–Trinajstić information content (AvgIpc) is 3.16. The zero-order chi connectivity index (χ0) is 23.0. The third-order valence-electron chi connectivity index (χ3n) is 5.50.